The highest BCUT2D eigenvalue weighted by atomic mass is 35.5. The van der Waals surface area contributed by atoms with Crippen LogP contribution in [-0.4, -0.2) is 0 Å². The predicted molar refractivity (Wildman–Crippen MR) is 68.3 cm³/mol. The summed E-state index contributed by atoms with van der Waals surface area (Å²) in [4.78, 5) is 0. The molecule has 0 radical (unpaired) electrons. The Kier molecular flexibility index (Phi) is 2.54. The van der Waals surface area contributed by atoms with Crippen molar-refractivity contribution in [3.8, 4) is 5.75 Å². The van der Waals surface area contributed by atoms with Gasteiger partial charge in [0.1, 0.15) is 12.4 Å². The van der Waals surface area contributed by atoms with Gasteiger partial charge < -0.3 is 10.5 Å². The van der Waals surface area contributed by atoms with Crippen molar-refractivity contribution in [3.05, 3.63) is 64.2 Å². The van der Waals surface area contributed by atoms with Gasteiger partial charge in [0, 0.05) is 10.6 Å². The first-order chi connectivity index (χ1) is 8.25. The SMILES string of the molecule is N[C@@H]1c2ccccc2COc2ccc(Cl)cc21. The Morgan fingerprint density at radius 3 is 2.82 bits per heavy atom. The number of ether oxygens (including phenoxy) is 1. The maximum Gasteiger partial charge on any atom is 0.125 e. The average Bonchev–Trinajstić information content (AvgIpc) is 2.49. The number of hydrogen-bond acceptors (Lipinski definition) is 2. The van der Waals surface area contributed by atoms with Crippen LogP contribution >= 0.6 is 11.6 Å². The fourth-order valence-electron chi connectivity index (χ4n) is 2.19. The van der Waals surface area contributed by atoms with E-state index in [1.165, 1.54) is 0 Å². The Hall–Kier alpha value is -1.51. The van der Waals surface area contributed by atoms with E-state index >= 15 is 0 Å². The lowest BCUT2D eigenvalue weighted by Gasteiger charge is -2.13. The minimum absolute atomic E-state index is 0.178. The van der Waals surface area contributed by atoms with Crippen LogP contribution in [-0.2, 0) is 6.61 Å². The second-order valence-electron chi connectivity index (χ2n) is 4.15. The largest absolute Gasteiger partial charge is 0.489 e. The number of nitrogens with two attached hydrogens (primary N) is 1. The van der Waals surface area contributed by atoms with E-state index in [4.69, 9.17) is 22.1 Å². The van der Waals surface area contributed by atoms with Gasteiger partial charge in [-0.05, 0) is 29.3 Å². The van der Waals surface area contributed by atoms with Crippen LogP contribution in [0.4, 0.5) is 0 Å². The van der Waals surface area contributed by atoms with E-state index in [0.717, 1.165) is 22.4 Å². The molecule has 0 aliphatic carbocycles. The molecule has 86 valence electrons. The molecular weight excluding hydrogens is 234 g/mol. The Balaban J connectivity index is 2.18. The maximum atomic E-state index is 6.29. The molecule has 1 aliphatic heterocycles. The molecule has 0 saturated carbocycles. The molecule has 1 atom stereocenters. The third kappa shape index (κ3) is 1.79. The van der Waals surface area contributed by atoms with Crippen LogP contribution < -0.4 is 10.5 Å². The van der Waals surface area contributed by atoms with Gasteiger partial charge >= 0.3 is 0 Å². The standard InChI is InChI=1S/C14H12ClNO/c15-10-5-6-13-12(7-10)14(16)11-4-2-1-3-9(11)8-17-13/h1-7,14H,8,16H2/t14-/m1/s1. The van der Waals surface area contributed by atoms with Crippen LogP contribution in [0.25, 0.3) is 0 Å². The van der Waals surface area contributed by atoms with E-state index in [-0.39, 0.29) is 6.04 Å². The number of hydrogen-bond donors (Lipinski definition) is 1. The van der Waals surface area contributed by atoms with Gasteiger partial charge in [0.25, 0.3) is 0 Å². The molecule has 0 spiro atoms. The second kappa shape index (κ2) is 4.06. The summed E-state index contributed by atoms with van der Waals surface area (Å²) in [6, 6.07) is 13.5. The van der Waals surface area contributed by atoms with Gasteiger partial charge in [-0.15, -0.1) is 0 Å². The van der Waals surface area contributed by atoms with Gasteiger partial charge in [-0.3, -0.25) is 0 Å². The zero-order chi connectivity index (χ0) is 11.8. The lowest BCUT2D eigenvalue weighted by atomic mass is 9.96. The van der Waals surface area contributed by atoms with Gasteiger partial charge in [0.2, 0.25) is 0 Å². The summed E-state index contributed by atoms with van der Waals surface area (Å²) in [5.41, 5.74) is 9.47. The van der Waals surface area contributed by atoms with Crippen LogP contribution in [0, 0.1) is 0 Å². The van der Waals surface area contributed by atoms with E-state index in [1.807, 2.05) is 42.5 Å². The Labute approximate surface area is 105 Å². The molecule has 2 N–H and O–H groups in total. The van der Waals surface area contributed by atoms with Crippen LogP contribution in [0.2, 0.25) is 5.02 Å². The summed E-state index contributed by atoms with van der Waals surface area (Å²) in [5.74, 6) is 0.818. The molecule has 0 amide bonds. The third-order valence-electron chi connectivity index (χ3n) is 3.08. The Bertz CT molecular complexity index is 568. The van der Waals surface area contributed by atoms with Crippen molar-refractivity contribution in [2.75, 3.05) is 0 Å². The van der Waals surface area contributed by atoms with Crippen molar-refractivity contribution in [2.24, 2.45) is 5.73 Å². The van der Waals surface area contributed by atoms with Crippen LogP contribution in [0.1, 0.15) is 22.7 Å². The van der Waals surface area contributed by atoms with Gasteiger partial charge in [0.15, 0.2) is 0 Å². The van der Waals surface area contributed by atoms with Crippen molar-refractivity contribution in [1.82, 2.24) is 0 Å². The van der Waals surface area contributed by atoms with Gasteiger partial charge in [-0.2, -0.15) is 0 Å². The van der Waals surface area contributed by atoms with Crippen molar-refractivity contribution < 1.29 is 4.74 Å². The minimum atomic E-state index is -0.178. The lowest BCUT2D eigenvalue weighted by molar-refractivity contribution is 0.307. The summed E-state index contributed by atoms with van der Waals surface area (Å²) in [5, 5.41) is 0.683. The molecule has 1 heterocycles. The molecule has 0 saturated heterocycles. The molecule has 3 rings (SSSR count). The minimum Gasteiger partial charge on any atom is -0.489 e. The molecule has 2 aromatic carbocycles. The highest BCUT2D eigenvalue weighted by Crippen LogP contribution is 2.35. The third-order valence-corrected chi connectivity index (χ3v) is 3.32. The summed E-state index contributed by atoms with van der Waals surface area (Å²) < 4.78 is 5.76. The molecule has 17 heavy (non-hydrogen) atoms. The normalized spacial score (nSPS) is 17.6. The number of halogens is 1. The molecular formula is C14H12ClNO. The summed E-state index contributed by atoms with van der Waals surface area (Å²) in [7, 11) is 0. The highest BCUT2D eigenvalue weighted by Gasteiger charge is 2.21. The summed E-state index contributed by atoms with van der Waals surface area (Å²) >= 11 is 6.01. The highest BCUT2D eigenvalue weighted by molar-refractivity contribution is 6.30. The fourth-order valence-corrected chi connectivity index (χ4v) is 2.37. The fraction of sp³-hybridized carbons (Fsp3) is 0.143. The predicted octanol–water partition coefficient (Wildman–Crippen LogP) is 3.28. The summed E-state index contributed by atoms with van der Waals surface area (Å²) in [6.07, 6.45) is 0. The molecule has 2 nitrogen and oxygen atoms in total. The van der Waals surface area contributed by atoms with E-state index in [0.29, 0.717) is 11.6 Å². The van der Waals surface area contributed by atoms with Gasteiger partial charge in [-0.25, -0.2) is 0 Å². The molecule has 0 aromatic heterocycles. The van der Waals surface area contributed by atoms with Crippen LogP contribution in [0.3, 0.4) is 0 Å². The zero-order valence-corrected chi connectivity index (χ0v) is 9.95. The molecule has 0 fully saturated rings. The zero-order valence-electron chi connectivity index (χ0n) is 9.19. The van der Waals surface area contributed by atoms with E-state index in [9.17, 15) is 0 Å². The average molecular weight is 246 g/mol. The smallest absolute Gasteiger partial charge is 0.125 e. The lowest BCUT2D eigenvalue weighted by Crippen LogP contribution is -2.12. The first kappa shape index (κ1) is 10.6. The molecule has 1 aliphatic rings. The Morgan fingerprint density at radius 1 is 1.12 bits per heavy atom. The number of fused-ring (bicyclic) bond motifs is 2. The quantitative estimate of drug-likeness (QED) is 0.773. The maximum absolute atomic E-state index is 6.29. The first-order valence-corrected chi connectivity index (χ1v) is 5.89. The van der Waals surface area contributed by atoms with Crippen molar-refractivity contribution in [1.29, 1.82) is 0 Å². The van der Waals surface area contributed by atoms with Gasteiger partial charge in [0.05, 0.1) is 6.04 Å². The number of benzene rings is 2. The van der Waals surface area contributed by atoms with E-state index < -0.39 is 0 Å². The van der Waals surface area contributed by atoms with Crippen molar-refractivity contribution in [3.63, 3.8) is 0 Å². The van der Waals surface area contributed by atoms with Crippen LogP contribution in [0.5, 0.6) is 5.75 Å². The number of rotatable bonds is 0. The van der Waals surface area contributed by atoms with Crippen molar-refractivity contribution in [2.45, 2.75) is 12.6 Å². The van der Waals surface area contributed by atoms with E-state index in [2.05, 4.69) is 0 Å². The van der Waals surface area contributed by atoms with Crippen LogP contribution in [0.15, 0.2) is 42.5 Å². The topological polar surface area (TPSA) is 35.2 Å². The monoisotopic (exact) mass is 245 g/mol. The first-order valence-electron chi connectivity index (χ1n) is 5.51. The second-order valence-corrected chi connectivity index (χ2v) is 4.58. The molecule has 2 aromatic rings. The Morgan fingerprint density at radius 2 is 1.94 bits per heavy atom. The molecule has 0 bridgehead atoms. The molecule has 3 heteroatoms. The van der Waals surface area contributed by atoms with Gasteiger partial charge in [-0.1, -0.05) is 35.9 Å². The molecule has 0 unspecified atom stereocenters. The summed E-state index contributed by atoms with van der Waals surface area (Å²) in [6.45, 7) is 0.554. The van der Waals surface area contributed by atoms with Crippen molar-refractivity contribution >= 4 is 11.6 Å². The van der Waals surface area contributed by atoms with E-state index in [1.54, 1.807) is 0 Å².